The largest absolute Gasteiger partial charge is 0.434 e. The predicted molar refractivity (Wildman–Crippen MR) is 121 cm³/mol. The van der Waals surface area contributed by atoms with E-state index in [0.29, 0.717) is 37.0 Å². The lowest BCUT2D eigenvalue weighted by molar-refractivity contribution is -0.121. The molecular formula is C20H31F2IN4O2. The van der Waals surface area contributed by atoms with Crippen LogP contribution in [0.5, 0.6) is 5.75 Å². The third kappa shape index (κ3) is 9.60. The van der Waals surface area contributed by atoms with Gasteiger partial charge in [-0.05, 0) is 31.7 Å². The maximum Gasteiger partial charge on any atom is 0.387 e. The number of nitrogens with one attached hydrogen (secondary N) is 3. The van der Waals surface area contributed by atoms with Gasteiger partial charge in [-0.1, -0.05) is 30.5 Å². The summed E-state index contributed by atoms with van der Waals surface area (Å²) < 4.78 is 29.7. The Labute approximate surface area is 188 Å². The molecule has 0 heterocycles. The lowest BCUT2D eigenvalue weighted by Gasteiger charge is -2.15. The van der Waals surface area contributed by atoms with Gasteiger partial charge in [0.15, 0.2) is 5.96 Å². The molecule has 1 amide bonds. The zero-order valence-corrected chi connectivity index (χ0v) is 19.3. The van der Waals surface area contributed by atoms with E-state index < -0.39 is 6.61 Å². The van der Waals surface area contributed by atoms with Gasteiger partial charge < -0.3 is 20.7 Å². The zero-order valence-electron chi connectivity index (χ0n) is 17.0. The number of guanidine groups is 1. The molecule has 3 N–H and O–H groups in total. The number of nitrogens with zero attached hydrogens (tertiary/aromatic N) is 1. The Bertz CT molecular complexity index is 668. The topological polar surface area (TPSA) is 74.8 Å². The molecule has 0 aliphatic heterocycles. The van der Waals surface area contributed by atoms with Gasteiger partial charge >= 0.3 is 6.61 Å². The number of carbonyl (C=O) groups is 1. The number of rotatable bonds is 9. The van der Waals surface area contributed by atoms with Crippen LogP contribution < -0.4 is 20.7 Å². The zero-order chi connectivity index (χ0) is 20.4. The standard InChI is InChI=1S/C20H30F2N4O2.HI/c1-14-7-8-17(28-19(21)22)16(11-14)13-26-20(23-2)25-10-9-24-18(27)12-15-5-3-4-6-15;/h7-8,11,15,19H,3-6,9-10,12-13H2,1-2H3,(H,24,27)(H2,23,25,26);1H. The van der Waals surface area contributed by atoms with Gasteiger partial charge in [-0.25, -0.2) is 0 Å². The van der Waals surface area contributed by atoms with E-state index in [1.165, 1.54) is 18.9 Å². The molecular weight excluding hydrogens is 493 g/mol. The molecule has 29 heavy (non-hydrogen) atoms. The summed E-state index contributed by atoms with van der Waals surface area (Å²) in [6.45, 7) is 0.321. The average Bonchev–Trinajstić information content (AvgIpc) is 3.15. The van der Waals surface area contributed by atoms with Crippen LogP contribution >= 0.6 is 24.0 Å². The van der Waals surface area contributed by atoms with Crippen molar-refractivity contribution in [2.45, 2.75) is 52.2 Å². The Morgan fingerprint density at radius 3 is 2.55 bits per heavy atom. The number of aryl methyl sites for hydroxylation is 1. The number of hydrogen-bond donors (Lipinski definition) is 3. The Kier molecular flexibility index (Phi) is 11.9. The first kappa shape index (κ1) is 25.4. The molecule has 0 saturated heterocycles. The highest BCUT2D eigenvalue weighted by atomic mass is 127. The molecule has 9 heteroatoms. The number of halogens is 3. The number of ether oxygens (including phenoxy) is 1. The van der Waals surface area contributed by atoms with Crippen LogP contribution in [-0.2, 0) is 11.3 Å². The SMILES string of the molecule is CN=C(NCCNC(=O)CC1CCCC1)NCc1cc(C)ccc1OC(F)F.I. The van der Waals surface area contributed by atoms with Crippen LogP contribution in [0.25, 0.3) is 0 Å². The molecule has 6 nitrogen and oxygen atoms in total. The minimum atomic E-state index is -2.87. The summed E-state index contributed by atoms with van der Waals surface area (Å²) in [4.78, 5) is 16.0. The fourth-order valence-corrected chi connectivity index (χ4v) is 3.39. The van der Waals surface area contributed by atoms with Crippen LogP contribution in [0, 0.1) is 12.8 Å². The van der Waals surface area contributed by atoms with Crippen LogP contribution in [0.2, 0.25) is 0 Å². The molecule has 0 aromatic heterocycles. The predicted octanol–water partition coefficient (Wildman–Crippen LogP) is 3.58. The van der Waals surface area contributed by atoms with E-state index >= 15 is 0 Å². The second-order valence-corrected chi connectivity index (χ2v) is 7.05. The monoisotopic (exact) mass is 524 g/mol. The van der Waals surface area contributed by atoms with Crippen molar-refractivity contribution in [2.24, 2.45) is 10.9 Å². The highest BCUT2D eigenvalue weighted by molar-refractivity contribution is 14.0. The molecule has 1 aliphatic rings. The van der Waals surface area contributed by atoms with Crippen LogP contribution in [0.4, 0.5) is 8.78 Å². The minimum Gasteiger partial charge on any atom is -0.434 e. The van der Waals surface area contributed by atoms with Gasteiger partial charge in [-0.3, -0.25) is 9.79 Å². The molecule has 0 unspecified atom stereocenters. The van der Waals surface area contributed by atoms with Crippen molar-refractivity contribution in [3.8, 4) is 5.75 Å². The molecule has 0 bridgehead atoms. The smallest absolute Gasteiger partial charge is 0.387 e. The normalized spacial score (nSPS) is 14.4. The summed E-state index contributed by atoms with van der Waals surface area (Å²) in [6, 6.07) is 5.05. The quantitative estimate of drug-likeness (QED) is 0.200. The van der Waals surface area contributed by atoms with Gasteiger partial charge in [0, 0.05) is 38.7 Å². The molecule has 164 valence electrons. The van der Waals surface area contributed by atoms with E-state index in [1.807, 2.05) is 6.92 Å². The minimum absolute atomic E-state index is 0. The lowest BCUT2D eigenvalue weighted by atomic mass is 10.0. The molecule has 1 saturated carbocycles. The number of benzene rings is 1. The lowest BCUT2D eigenvalue weighted by Crippen LogP contribution is -2.41. The van der Waals surface area contributed by atoms with Gasteiger partial charge in [0.25, 0.3) is 0 Å². The van der Waals surface area contributed by atoms with Crippen molar-refractivity contribution in [3.63, 3.8) is 0 Å². The molecule has 0 atom stereocenters. The molecule has 1 aliphatic carbocycles. The third-order valence-electron chi connectivity index (χ3n) is 4.79. The first-order valence-electron chi connectivity index (χ1n) is 9.73. The van der Waals surface area contributed by atoms with Gasteiger partial charge in [0.1, 0.15) is 5.75 Å². The summed E-state index contributed by atoms with van der Waals surface area (Å²) in [5.41, 5.74) is 1.57. The van der Waals surface area contributed by atoms with Gasteiger partial charge in [0.2, 0.25) is 5.91 Å². The number of hydrogen-bond acceptors (Lipinski definition) is 3. The third-order valence-corrected chi connectivity index (χ3v) is 4.79. The molecule has 1 aromatic rings. The van der Waals surface area contributed by atoms with Crippen molar-refractivity contribution in [3.05, 3.63) is 29.3 Å². The van der Waals surface area contributed by atoms with Crippen molar-refractivity contribution in [1.29, 1.82) is 0 Å². The first-order chi connectivity index (χ1) is 13.5. The van der Waals surface area contributed by atoms with E-state index in [2.05, 4.69) is 25.7 Å². The highest BCUT2D eigenvalue weighted by Crippen LogP contribution is 2.27. The Morgan fingerprint density at radius 2 is 1.90 bits per heavy atom. The van der Waals surface area contributed by atoms with Crippen molar-refractivity contribution < 1.29 is 18.3 Å². The summed E-state index contributed by atoms with van der Waals surface area (Å²) in [6.07, 6.45) is 5.36. The van der Waals surface area contributed by atoms with Crippen molar-refractivity contribution in [1.82, 2.24) is 16.0 Å². The summed E-state index contributed by atoms with van der Waals surface area (Å²) >= 11 is 0. The number of carbonyl (C=O) groups excluding carboxylic acids is 1. The van der Waals surface area contributed by atoms with E-state index in [9.17, 15) is 13.6 Å². The van der Waals surface area contributed by atoms with E-state index in [-0.39, 0.29) is 42.2 Å². The number of amides is 1. The number of alkyl halides is 2. The van der Waals surface area contributed by atoms with Gasteiger partial charge in [0.05, 0.1) is 0 Å². The maximum absolute atomic E-state index is 12.6. The Balaban J connectivity index is 0.00000420. The summed E-state index contributed by atoms with van der Waals surface area (Å²) in [5, 5.41) is 9.09. The summed E-state index contributed by atoms with van der Waals surface area (Å²) in [7, 11) is 1.63. The van der Waals surface area contributed by atoms with Crippen LogP contribution in [0.15, 0.2) is 23.2 Å². The first-order valence-corrected chi connectivity index (χ1v) is 9.73. The molecule has 1 aromatic carbocycles. The van der Waals surface area contributed by atoms with Gasteiger partial charge in [-0.2, -0.15) is 8.78 Å². The van der Waals surface area contributed by atoms with Crippen molar-refractivity contribution >= 4 is 35.8 Å². The Morgan fingerprint density at radius 1 is 1.21 bits per heavy atom. The molecule has 0 spiro atoms. The fraction of sp³-hybridized carbons (Fsp3) is 0.600. The summed E-state index contributed by atoms with van der Waals surface area (Å²) in [5.74, 6) is 1.28. The van der Waals surface area contributed by atoms with Gasteiger partial charge in [-0.15, -0.1) is 24.0 Å². The van der Waals surface area contributed by atoms with Crippen LogP contribution in [0.1, 0.15) is 43.2 Å². The Hall–Kier alpha value is -1.65. The van der Waals surface area contributed by atoms with E-state index in [1.54, 1.807) is 19.2 Å². The number of aliphatic imine (C=N–C) groups is 1. The van der Waals surface area contributed by atoms with Crippen LogP contribution in [-0.4, -0.2) is 38.6 Å². The van der Waals surface area contributed by atoms with Crippen LogP contribution in [0.3, 0.4) is 0 Å². The molecule has 0 radical (unpaired) electrons. The molecule has 2 rings (SSSR count). The second kappa shape index (κ2) is 13.6. The van der Waals surface area contributed by atoms with Crippen molar-refractivity contribution in [2.75, 3.05) is 20.1 Å². The second-order valence-electron chi connectivity index (χ2n) is 7.05. The molecule has 1 fully saturated rings. The highest BCUT2D eigenvalue weighted by Gasteiger charge is 2.18. The average molecular weight is 524 g/mol. The maximum atomic E-state index is 12.6. The van der Waals surface area contributed by atoms with E-state index in [4.69, 9.17) is 0 Å². The fourth-order valence-electron chi connectivity index (χ4n) is 3.39. The van der Waals surface area contributed by atoms with E-state index in [0.717, 1.165) is 18.4 Å².